The summed E-state index contributed by atoms with van der Waals surface area (Å²) in [5, 5.41) is 19.6. The molecule has 0 fully saturated rings. The maximum atomic E-state index is 11.2. The zero-order valence-electron chi connectivity index (χ0n) is 11.8. The molecule has 0 spiro atoms. The maximum absolute atomic E-state index is 11.2. The van der Waals surface area contributed by atoms with Gasteiger partial charge in [-0.3, -0.25) is 10.1 Å². The van der Waals surface area contributed by atoms with Gasteiger partial charge in [0, 0.05) is 11.6 Å². The summed E-state index contributed by atoms with van der Waals surface area (Å²) in [5.41, 5.74) is -0.250. The molecule has 6 nitrogen and oxygen atoms in total. The van der Waals surface area contributed by atoms with Gasteiger partial charge in [-0.25, -0.2) is 0 Å². The molecule has 21 heavy (non-hydrogen) atoms. The van der Waals surface area contributed by atoms with Gasteiger partial charge in [0.2, 0.25) is 0 Å². The van der Waals surface area contributed by atoms with Gasteiger partial charge >= 0.3 is 0 Å². The van der Waals surface area contributed by atoms with Gasteiger partial charge in [-0.1, -0.05) is 17.7 Å². The smallest absolute Gasteiger partial charge is 0.281 e. The van der Waals surface area contributed by atoms with Crippen LogP contribution in [0.1, 0.15) is 26.6 Å². The first-order valence-electron chi connectivity index (χ1n) is 6.21. The molecule has 0 N–H and O–H groups in total. The molecule has 2 rings (SSSR count). The highest BCUT2D eigenvalue weighted by Crippen LogP contribution is 2.37. The van der Waals surface area contributed by atoms with E-state index in [1.807, 2.05) is 20.8 Å². The number of aromatic nitrogens is 3. The van der Waals surface area contributed by atoms with Gasteiger partial charge in [0.05, 0.1) is 15.8 Å². The highest BCUT2D eigenvalue weighted by Gasteiger charge is 2.29. The Hall–Kier alpha value is -1.66. The van der Waals surface area contributed by atoms with Gasteiger partial charge in [0.1, 0.15) is 11.4 Å². The minimum atomic E-state index is -0.483. The zero-order valence-corrected chi connectivity index (χ0v) is 13.3. The van der Waals surface area contributed by atoms with Crippen molar-refractivity contribution in [2.24, 2.45) is 0 Å². The van der Waals surface area contributed by atoms with Crippen LogP contribution in [0.2, 0.25) is 5.02 Å². The van der Waals surface area contributed by atoms with E-state index < -0.39 is 10.5 Å². The molecule has 112 valence electrons. The lowest BCUT2D eigenvalue weighted by atomic mass is 10.1. The molecule has 2 aromatic rings. The van der Waals surface area contributed by atoms with Crippen molar-refractivity contribution in [3.63, 3.8) is 0 Å². The first-order valence-corrected chi connectivity index (χ1v) is 7.12. The second kappa shape index (κ2) is 5.61. The monoisotopic (exact) mass is 328 g/mol. The number of halogens is 2. The Morgan fingerprint density at radius 2 is 2.00 bits per heavy atom. The molecule has 1 aromatic heterocycles. The average Bonchev–Trinajstić information content (AvgIpc) is 2.81. The molecule has 0 radical (unpaired) electrons. The van der Waals surface area contributed by atoms with Crippen LogP contribution in [-0.4, -0.2) is 19.7 Å². The first-order chi connectivity index (χ1) is 9.77. The van der Waals surface area contributed by atoms with E-state index in [4.69, 9.17) is 23.2 Å². The third kappa shape index (κ3) is 2.87. The Balaban J connectivity index is 2.80. The molecule has 0 saturated heterocycles. The maximum Gasteiger partial charge on any atom is 0.281 e. The molecule has 1 heterocycles. The van der Waals surface area contributed by atoms with Crippen LogP contribution in [-0.2, 0) is 11.4 Å². The van der Waals surface area contributed by atoms with Crippen molar-refractivity contribution < 1.29 is 4.92 Å². The number of alkyl halides is 1. The van der Waals surface area contributed by atoms with Crippen molar-refractivity contribution in [2.45, 2.75) is 32.2 Å². The lowest BCUT2D eigenvalue weighted by molar-refractivity contribution is -0.384. The van der Waals surface area contributed by atoms with Gasteiger partial charge in [0.25, 0.3) is 5.69 Å². The predicted octanol–water partition coefficient (Wildman–Crippen LogP) is 4.00. The lowest BCUT2D eigenvalue weighted by Gasteiger charge is -2.24. The van der Waals surface area contributed by atoms with Crippen LogP contribution in [0.4, 0.5) is 5.69 Å². The van der Waals surface area contributed by atoms with E-state index >= 15 is 0 Å². The largest absolute Gasteiger partial charge is 0.304 e. The fourth-order valence-corrected chi connectivity index (χ4v) is 2.58. The van der Waals surface area contributed by atoms with E-state index in [9.17, 15) is 10.1 Å². The average molecular weight is 329 g/mol. The summed E-state index contributed by atoms with van der Waals surface area (Å²) in [6.45, 7) is 5.83. The van der Waals surface area contributed by atoms with E-state index in [1.54, 1.807) is 10.6 Å². The van der Waals surface area contributed by atoms with Crippen LogP contribution in [0.3, 0.4) is 0 Å². The van der Waals surface area contributed by atoms with Crippen molar-refractivity contribution >= 4 is 28.9 Å². The number of hydrogen-bond donors (Lipinski definition) is 0. The van der Waals surface area contributed by atoms with Gasteiger partial charge in [-0.05, 0) is 26.8 Å². The SMILES string of the molecule is CC(C)(C)n1c(CCl)nnc1-c1c(Cl)cccc1[N+](=O)[O-]. The normalized spacial score (nSPS) is 11.7. The number of nitrogens with zero attached hydrogens (tertiary/aromatic N) is 4. The van der Waals surface area contributed by atoms with Crippen molar-refractivity contribution in [3.05, 3.63) is 39.2 Å². The molecular formula is C13H14Cl2N4O2. The lowest BCUT2D eigenvalue weighted by Crippen LogP contribution is -2.25. The van der Waals surface area contributed by atoms with Crippen molar-refractivity contribution in [3.8, 4) is 11.4 Å². The summed E-state index contributed by atoms with van der Waals surface area (Å²) in [5.74, 6) is 1.03. The van der Waals surface area contributed by atoms with Gasteiger partial charge in [-0.2, -0.15) is 0 Å². The Morgan fingerprint density at radius 1 is 1.33 bits per heavy atom. The topological polar surface area (TPSA) is 73.8 Å². The summed E-state index contributed by atoms with van der Waals surface area (Å²) in [6, 6.07) is 4.51. The van der Waals surface area contributed by atoms with Crippen LogP contribution in [0.5, 0.6) is 0 Å². The summed E-state index contributed by atoms with van der Waals surface area (Å²) in [6.07, 6.45) is 0. The minimum Gasteiger partial charge on any atom is -0.304 e. The summed E-state index contributed by atoms with van der Waals surface area (Å²) in [7, 11) is 0. The molecule has 0 aliphatic rings. The third-order valence-corrected chi connectivity index (χ3v) is 3.49. The Kier molecular flexibility index (Phi) is 4.20. The molecule has 0 atom stereocenters. The number of hydrogen-bond acceptors (Lipinski definition) is 4. The van der Waals surface area contributed by atoms with E-state index in [-0.39, 0.29) is 22.2 Å². The Labute approximate surface area is 131 Å². The highest BCUT2D eigenvalue weighted by molar-refractivity contribution is 6.33. The molecule has 0 saturated carbocycles. The van der Waals surface area contributed by atoms with Crippen LogP contribution in [0.15, 0.2) is 18.2 Å². The van der Waals surface area contributed by atoms with Gasteiger partial charge in [-0.15, -0.1) is 21.8 Å². The van der Waals surface area contributed by atoms with Crippen LogP contribution < -0.4 is 0 Å². The van der Waals surface area contributed by atoms with Crippen LogP contribution in [0, 0.1) is 10.1 Å². The van der Waals surface area contributed by atoms with Crippen LogP contribution in [0.25, 0.3) is 11.4 Å². The standard InChI is InChI=1S/C13H14Cl2N4O2/c1-13(2,3)18-10(7-14)16-17-12(18)11-8(15)5-4-6-9(11)19(20)21/h4-6H,7H2,1-3H3. The van der Waals surface area contributed by atoms with E-state index in [0.29, 0.717) is 11.6 Å². The molecular weight excluding hydrogens is 315 g/mol. The summed E-state index contributed by atoms with van der Waals surface area (Å²) in [4.78, 5) is 10.8. The van der Waals surface area contributed by atoms with Crippen LogP contribution >= 0.6 is 23.2 Å². The Morgan fingerprint density at radius 3 is 2.52 bits per heavy atom. The number of nitro groups is 1. The van der Waals surface area contributed by atoms with E-state index in [1.165, 1.54) is 12.1 Å². The molecule has 8 heteroatoms. The minimum absolute atomic E-state index is 0.110. The second-order valence-electron chi connectivity index (χ2n) is 5.47. The summed E-state index contributed by atoms with van der Waals surface area (Å²) >= 11 is 12.1. The predicted molar refractivity (Wildman–Crippen MR) is 81.7 cm³/mol. The highest BCUT2D eigenvalue weighted by atomic mass is 35.5. The Bertz CT molecular complexity index is 692. The number of benzene rings is 1. The van der Waals surface area contributed by atoms with E-state index in [2.05, 4.69) is 10.2 Å². The zero-order chi connectivity index (χ0) is 15.8. The molecule has 1 aromatic carbocycles. The molecule has 0 aliphatic carbocycles. The molecule has 0 amide bonds. The van der Waals surface area contributed by atoms with Crippen molar-refractivity contribution in [1.82, 2.24) is 14.8 Å². The quantitative estimate of drug-likeness (QED) is 0.485. The number of nitro benzene ring substituents is 1. The molecule has 0 unspecified atom stereocenters. The van der Waals surface area contributed by atoms with E-state index in [0.717, 1.165) is 0 Å². The number of rotatable bonds is 3. The molecule has 0 aliphatic heterocycles. The van der Waals surface area contributed by atoms with Crippen molar-refractivity contribution in [2.75, 3.05) is 0 Å². The third-order valence-electron chi connectivity index (χ3n) is 2.93. The van der Waals surface area contributed by atoms with Gasteiger partial charge < -0.3 is 4.57 Å². The van der Waals surface area contributed by atoms with Crippen molar-refractivity contribution in [1.29, 1.82) is 0 Å². The fraction of sp³-hybridized carbons (Fsp3) is 0.385. The second-order valence-corrected chi connectivity index (χ2v) is 6.15. The molecule has 0 bridgehead atoms. The summed E-state index contributed by atoms with van der Waals surface area (Å²) < 4.78 is 1.77. The van der Waals surface area contributed by atoms with Gasteiger partial charge in [0.15, 0.2) is 5.82 Å². The first kappa shape index (κ1) is 15.7. The fourth-order valence-electron chi connectivity index (χ4n) is 2.16.